The van der Waals surface area contributed by atoms with Gasteiger partial charge in [0.1, 0.15) is 0 Å². The summed E-state index contributed by atoms with van der Waals surface area (Å²) in [5, 5.41) is 9.23. The highest BCUT2D eigenvalue weighted by molar-refractivity contribution is 5.54. The van der Waals surface area contributed by atoms with Crippen LogP contribution in [0.2, 0.25) is 0 Å². The molecule has 0 aromatic carbocycles. The standard InChI is InChI=1S/C12H12F3N3O/c13-12(14,15)10-6-17-4-1-5-18-8(7-19)2-3-9(18)11(17)16-10/h2-3,6,19H,1,4-5,7H2. The summed E-state index contributed by atoms with van der Waals surface area (Å²) < 4.78 is 41.5. The summed E-state index contributed by atoms with van der Waals surface area (Å²) >= 11 is 0. The van der Waals surface area contributed by atoms with Crippen molar-refractivity contribution in [2.24, 2.45) is 0 Å². The van der Waals surface area contributed by atoms with E-state index in [1.165, 1.54) is 4.57 Å². The third kappa shape index (κ3) is 1.94. The van der Waals surface area contributed by atoms with Gasteiger partial charge in [-0.1, -0.05) is 0 Å². The highest BCUT2D eigenvalue weighted by Crippen LogP contribution is 2.33. The largest absolute Gasteiger partial charge is 0.434 e. The molecule has 2 aromatic rings. The van der Waals surface area contributed by atoms with Gasteiger partial charge in [0.05, 0.1) is 12.3 Å². The van der Waals surface area contributed by atoms with Crippen LogP contribution in [0.3, 0.4) is 0 Å². The van der Waals surface area contributed by atoms with Crippen molar-refractivity contribution in [1.29, 1.82) is 0 Å². The number of rotatable bonds is 1. The lowest BCUT2D eigenvalue weighted by Crippen LogP contribution is -2.06. The summed E-state index contributed by atoms with van der Waals surface area (Å²) in [7, 11) is 0. The van der Waals surface area contributed by atoms with E-state index in [1.54, 1.807) is 12.1 Å². The minimum absolute atomic E-state index is 0.132. The molecule has 0 amide bonds. The number of fused-ring (bicyclic) bond motifs is 3. The molecule has 4 nitrogen and oxygen atoms in total. The topological polar surface area (TPSA) is 43.0 Å². The lowest BCUT2D eigenvalue weighted by Gasteiger charge is -2.07. The molecule has 0 atom stereocenters. The minimum Gasteiger partial charge on any atom is -0.390 e. The summed E-state index contributed by atoms with van der Waals surface area (Å²) in [5.74, 6) is 0.310. The van der Waals surface area contributed by atoms with Crippen molar-refractivity contribution >= 4 is 0 Å². The first kappa shape index (κ1) is 12.3. The first-order chi connectivity index (χ1) is 9.00. The van der Waals surface area contributed by atoms with Crippen molar-refractivity contribution in [3.63, 3.8) is 0 Å². The second-order valence-corrected chi connectivity index (χ2v) is 4.51. The van der Waals surface area contributed by atoms with E-state index in [1.807, 2.05) is 4.57 Å². The number of nitrogens with zero attached hydrogens (tertiary/aromatic N) is 3. The van der Waals surface area contributed by atoms with E-state index in [0.717, 1.165) is 6.20 Å². The molecule has 1 aliphatic rings. The average molecular weight is 271 g/mol. The van der Waals surface area contributed by atoms with E-state index in [2.05, 4.69) is 4.98 Å². The lowest BCUT2D eigenvalue weighted by atomic mass is 10.4. The smallest absolute Gasteiger partial charge is 0.390 e. The molecule has 0 spiro atoms. The van der Waals surface area contributed by atoms with Gasteiger partial charge in [-0.25, -0.2) is 4.98 Å². The zero-order valence-electron chi connectivity index (χ0n) is 9.98. The normalized spacial score (nSPS) is 14.9. The van der Waals surface area contributed by atoms with Crippen LogP contribution in [-0.4, -0.2) is 19.2 Å². The van der Waals surface area contributed by atoms with Gasteiger partial charge >= 0.3 is 6.18 Å². The lowest BCUT2D eigenvalue weighted by molar-refractivity contribution is -0.140. The van der Waals surface area contributed by atoms with Crippen molar-refractivity contribution in [3.05, 3.63) is 29.7 Å². The maximum Gasteiger partial charge on any atom is 0.434 e. The zero-order chi connectivity index (χ0) is 13.6. The predicted octanol–water partition coefficient (Wildman–Crippen LogP) is 2.27. The fourth-order valence-corrected chi connectivity index (χ4v) is 2.43. The number of imidazole rings is 1. The highest BCUT2D eigenvalue weighted by Gasteiger charge is 2.35. The number of aromatic nitrogens is 3. The van der Waals surface area contributed by atoms with Crippen LogP contribution in [-0.2, 0) is 25.9 Å². The fraction of sp³-hybridized carbons (Fsp3) is 0.417. The number of hydrogen-bond acceptors (Lipinski definition) is 2. The second kappa shape index (κ2) is 4.12. The number of alkyl halides is 3. The Balaban J connectivity index is 2.15. The number of aliphatic hydroxyl groups excluding tert-OH is 1. The van der Waals surface area contributed by atoms with Gasteiger partial charge in [-0.05, 0) is 18.6 Å². The molecule has 7 heteroatoms. The van der Waals surface area contributed by atoms with E-state index in [0.29, 0.717) is 36.7 Å². The Morgan fingerprint density at radius 3 is 2.74 bits per heavy atom. The molecule has 0 aliphatic carbocycles. The molecule has 0 radical (unpaired) electrons. The molecular formula is C12H12F3N3O. The van der Waals surface area contributed by atoms with E-state index >= 15 is 0 Å². The first-order valence-corrected chi connectivity index (χ1v) is 5.94. The Morgan fingerprint density at radius 2 is 2.05 bits per heavy atom. The Kier molecular flexibility index (Phi) is 2.67. The molecule has 0 saturated carbocycles. The van der Waals surface area contributed by atoms with Gasteiger partial charge in [-0.2, -0.15) is 13.2 Å². The van der Waals surface area contributed by atoms with Gasteiger partial charge in [-0.15, -0.1) is 0 Å². The van der Waals surface area contributed by atoms with E-state index in [-0.39, 0.29) is 6.61 Å². The highest BCUT2D eigenvalue weighted by atomic mass is 19.4. The SMILES string of the molecule is OCc1ccc2n1CCCn1cc(C(F)(F)F)nc1-2. The van der Waals surface area contributed by atoms with Gasteiger partial charge in [0.15, 0.2) is 11.5 Å². The Hall–Kier alpha value is -1.76. The molecule has 3 rings (SSSR count). The molecule has 102 valence electrons. The maximum atomic E-state index is 12.7. The number of aryl methyl sites for hydroxylation is 1. The zero-order valence-corrected chi connectivity index (χ0v) is 9.98. The molecule has 3 heterocycles. The molecule has 1 N–H and O–H groups in total. The van der Waals surface area contributed by atoms with Gasteiger partial charge in [-0.3, -0.25) is 0 Å². The average Bonchev–Trinajstić information content (AvgIpc) is 2.89. The molecule has 1 aliphatic heterocycles. The summed E-state index contributed by atoms with van der Waals surface area (Å²) in [4.78, 5) is 3.71. The Bertz CT molecular complexity index is 612. The van der Waals surface area contributed by atoms with Crippen LogP contribution in [0.25, 0.3) is 11.5 Å². The molecule has 0 bridgehead atoms. The summed E-state index contributed by atoms with van der Waals surface area (Å²) in [6.45, 7) is 1.03. The quantitative estimate of drug-likeness (QED) is 0.864. The van der Waals surface area contributed by atoms with Crippen molar-refractivity contribution in [3.8, 4) is 11.5 Å². The van der Waals surface area contributed by atoms with Crippen molar-refractivity contribution in [2.75, 3.05) is 0 Å². The Morgan fingerprint density at radius 1 is 1.26 bits per heavy atom. The molecule has 2 aromatic heterocycles. The molecule has 0 unspecified atom stereocenters. The summed E-state index contributed by atoms with van der Waals surface area (Å²) in [5.41, 5.74) is 0.444. The number of halogens is 3. The molecule has 19 heavy (non-hydrogen) atoms. The fourth-order valence-electron chi connectivity index (χ4n) is 2.43. The molecular weight excluding hydrogens is 259 g/mol. The van der Waals surface area contributed by atoms with E-state index < -0.39 is 11.9 Å². The third-order valence-electron chi connectivity index (χ3n) is 3.31. The van der Waals surface area contributed by atoms with Gasteiger partial charge in [0, 0.05) is 25.0 Å². The van der Waals surface area contributed by atoms with Crippen molar-refractivity contribution in [2.45, 2.75) is 32.3 Å². The monoisotopic (exact) mass is 271 g/mol. The predicted molar refractivity (Wildman–Crippen MR) is 61.2 cm³/mol. The van der Waals surface area contributed by atoms with E-state index in [4.69, 9.17) is 0 Å². The number of aliphatic hydroxyl groups is 1. The van der Waals surface area contributed by atoms with Gasteiger partial charge < -0.3 is 14.2 Å². The summed E-state index contributed by atoms with van der Waals surface area (Å²) in [6.07, 6.45) is -2.68. The molecule has 0 fully saturated rings. The van der Waals surface area contributed by atoms with Crippen molar-refractivity contribution in [1.82, 2.24) is 14.1 Å². The third-order valence-corrected chi connectivity index (χ3v) is 3.31. The van der Waals surface area contributed by atoms with Crippen LogP contribution < -0.4 is 0 Å². The van der Waals surface area contributed by atoms with Gasteiger partial charge in [0.25, 0.3) is 0 Å². The minimum atomic E-state index is -4.43. The Labute approximate surface area is 107 Å². The van der Waals surface area contributed by atoms with E-state index in [9.17, 15) is 18.3 Å². The summed E-state index contributed by atoms with van der Waals surface area (Å²) in [6, 6.07) is 3.42. The van der Waals surface area contributed by atoms with Crippen LogP contribution >= 0.6 is 0 Å². The van der Waals surface area contributed by atoms with Crippen LogP contribution in [0.5, 0.6) is 0 Å². The van der Waals surface area contributed by atoms with Crippen LogP contribution in [0, 0.1) is 0 Å². The van der Waals surface area contributed by atoms with Crippen molar-refractivity contribution < 1.29 is 18.3 Å². The second-order valence-electron chi connectivity index (χ2n) is 4.51. The maximum absolute atomic E-state index is 12.7. The van der Waals surface area contributed by atoms with Crippen LogP contribution in [0.15, 0.2) is 18.3 Å². The molecule has 0 saturated heterocycles. The first-order valence-electron chi connectivity index (χ1n) is 5.94. The number of hydrogen-bond donors (Lipinski definition) is 1. The van der Waals surface area contributed by atoms with Crippen LogP contribution in [0.1, 0.15) is 17.8 Å². The van der Waals surface area contributed by atoms with Gasteiger partial charge in [0.2, 0.25) is 0 Å². The van der Waals surface area contributed by atoms with Crippen LogP contribution in [0.4, 0.5) is 13.2 Å².